The maximum absolute atomic E-state index is 5.30. The van der Waals surface area contributed by atoms with Crippen molar-refractivity contribution in [2.24, 2.45) is 5.73 Å². The second-order valence-electron chi connectivity index (χ2n) is 2.11. The molecule has 0 aliphatic rings. The molecule has 0 rings (SSSR count). The van der Waals surface area contributed by atoms with Crippen LogP contribution in [-0.4, -0.2) is 30.0 Å². The number of rotatable bonds is 4. The van der Waals surface area contributed by atoms with Crippen LogP contribution in [0.4, 0.5) is 0 Å². The Labute approximate surface area is 62.0 Å². The number of nitrogens with zero attached hydrogens (tertiary/aromatic N) is 1. The fourth-order valence-corrected chi connectivity index (χ4v) is 0.550. The van der Waals surface area contributed by atoms with Crippen LogP contribution in [0.3, 0.4) is 0 Å². The van der Waals surface area contributed by atoms with E-state index >= 15 is 0 Å². The number of hydrogen-bond acceptors (Lipinski definition) is 2. The molecule has 0 aliphatic carbocycles. The highest BCUT2D eigenvalue weighted by molar-refractivity contribution is 7.80. The van der Waals surface area contributed by atoms with Crippen molar-refractivity contribution in [1.82, 2.24) is 4.90 Å². The highest BCUT2D eigenvalue weighted by atomic mass is 32.1. The van der Waals surface area contributed by atoms with E-state index in [0.29, 0.717) is 4.99 Å². The first-order chi connectivity index (χ1) is 4.16. The minimum absolute atomic E-state index is 0.607. The lowest BCUT2D eigenvalue weighted by Gasteiger charge is -2.11. The van der Waals surface area contributed by atoms with Gasteiger partial charge in [0.2, 0.25) is 0 Å². The Hall–Kier alpha value is -0.150. The third-order valence-electron chi connectivity index (χ3n) is 1.28. The largest absolute Gasteiger partial charge is 0.393 e. The first-order valence-electron chi connectivity index (χ1n) is 3.13. The molecule has 0 aliphatic heterocycles. The first kappa shape index (κ1) is 8.85. The second-order valence-corrected chi connectivity index (χ2v) is 2.64. The lowest BCUT2D eigenvalue weighted by molar-refractivity contribution is 0.364. The predicted octanol–water partition coefficient (Wildman–Crippen LogP) is 0.614. The van der Waals surface area contributed by atoms with Gasteiger partial charge in [0.15, 0.2) is 0 Å². The van der Waals surface area contributed by atoms with E-state index in [9.17, 15) is 0 Å². The highest BCUT2D eigenvalue weighted by Gasteiger charge is 1.93. The molecule has 0 heterocycles. The highest BCUT2D eigenvalue weighted by Crippen LogP contribution is 1.85. The maximum Gasteiger partial charge on any atom is 0.0740 e. The maximum atomic E-state index is 5.30. The van der Waals surface area contributed by atoms with Crippen LogP contribution in [0.25, 0.3) is 0 Å². The number of hydrogen-bond donors (Lipinski definition) is 1. The molecule has 9 heavy (non-hydrogen) atoms. The average molecular weight is 146 g/mol. The van der Waals surface area contributed by atoms with Gasteiger partial charge in [0.25, 0.3) is 0 Å². The summed E-state index contributed by atoms with van der Waals surface area (Å²) in [7, 11) is 2.05. The average Bonchev–Trinajstić information content (AvgIpc) is 1.83. The summed E-state index contributed by atoms with van der Waals surface area (Å²) < 4.78 is 0. The molecule has 0 saturated heterocycles. The molecule has 0 fully saturated rings. The number of thiocarbonyl (C=S) groups is 1. The van der Waals surface area contributed by atoms with Crippen molar-refractivity contribution in [2.45, 2.75) is 13.3 Å². The van der Waals surface area contributed by atoms with E-state index in [1.807, 2.05) is 0 Å². The van der Waals surface area contributed by atoms with Crippen molar-refractivity contribution in [3.63, 3.8) is 0 Å². The Kier molecular flexibility index (Phi) is 4.62. The van der Waals surface area contributed by atoms with Crippen LogP contribution < -0.4 is 5.73 Å². The van der Waals surface area contributed by atoms with Gasteiger partial charge >= 0.3 is 0 Å². The fourth-order valence-electron chi connectivity index (χ4n) is 0.459. The molecule has 0 unspecified atom stereocenters. The summed E-state index contributed by atoms with van der Waals surface area (Å²) in [5, 5.41) is 0. The molecule has 2 N–H and O–H groups in total. The smallest absolute Gasteiger partial charge is 0.0740 e. The van der Waals surface area contributed by atoms with Crippen LogP contribution in [0, 0.1) is 0 Å². The van der Waals surface area contributed by atoms with Gasteiger partial charge in [-0.05, 0) is 13.6 Å². The quantitative estimate of drug-likeness (QED) is 0.589. The zero-order valence-corrected chi connectivity index (χ0v) is 6.87. The molecule has 0 aromatic heterocycles. The van der Waals surface area contributed by atoms with Gasteiger partial charge in [0.1, 0.15) is 0 Å². The summed E-state index contributed by atoms with van der Waals surface area (Å²) in [6, 6.07) is 0. The Bertz CT molecular complexity index is 93.1. The second kappa shape index (κ2) is 4.70. The Morgan fingerprint density at radius 3 is 2.56 bits per heavy atom. The Morgan fingerprint density at radius 2 is 2.22 bits per heavy atom. The summed E-state index contributed by atoms with van der Waals surface area (Å²) >= 11 is 4.71. The zero-order valence-electron chi connectivity index (χ0n) is 6.05. The Morgan fingerprint density at radius 1 is 1.67 bits per heavy atom. The van der Waals surface area contributed by atoms with Gasteiger partial charge in [-0.25, -0.2) is 0 Å². The summed E-state index contributed by atoms with van der Waals surface area (Å²) in [4.78, 5) is 2.79. The predicted molar refractivity (Wildman–Crippen MR) is 44.6 cm³/mol. The molecular weight excluding hydrogens is 132 g/mol. The standard InChI is InChI=1S/C6H14N2S/c1-3-8(2)5-4-6(7)9/h3-5H2,1-2H3,(H2,7,9). The summed E-state index contributed by atoms with van der Waals surface area (Å²) in [6.07, 6.45) is 0.833. The van der Waals surface area contributed by atoms with Crippen molar-refractivity contribution in [3.8, 4) is 0 Å². The van der Waals surface area contributed by atoms with Crippen LogP contribution in [0.15, 0.2) is 0 Å². The van der Waals surface area contributed by atoms with Gasteiger partial charge in [0, 0.05) is 13.0 Å². The van der Waals surface area contributed by atoms with Gasteiger partial charge in [-0.1, -0.05) is 19.1 Å². The van der Waals surface area contributed by atoms with Crippen LogP contribution in [0.2, 0.25) is 0 Å². The van der Waals surface area contributed by atoms with E-state index in [4.69, 9.17) is 18.0 Å². The molecule has 0 aromatic carbocycles. The molecule has 54 valence electrons. The minimum Gasteiger partial charge on any atom is -0.393 e. The Balaban J connectivity index is 3.16. The fraction of sp³-hybridized carbons (Fsp3) is 0.833. The summed E-state index contributed by atoms with van der Waals surface area (Å²) in [5.41, 5.74) is 5.30. The molecule has 0 atom stereocenters. The third kappa shape index (κ3) is 5.73. The molecule has 0 bridgehead atoms. The topological polar surface area (TPSA) is 29.3 Å². The molecule has 0 spiro atoms. The van der Waals surface area contributed by atoms with E-state index in [0.717, 1.165) is 19.5 Å². The van der Waals surface area contributed by atoms with Crippen LogP contribution in [-0.2, 0) is 0 Å². The molecule has 0 radical (unpaired) electrons. The lowest BCUT2D eigenvalue weighted by atomic mass is 10.4. The van der Waals surface area contributed by atoms with Gasteiger partial charge in [-0.2, -0.15) is 0 Å². The number of nitrogens with two attached hydrogens (primary N) is 1. The lowest BCUT2D eigenvalue weighted by Crippen LogP contribution is -2.23. The normalized spacial score (nSPS) is 10.1. The zero-order chi connectivity index (χ0) is 7.28. The van der Waals surface area contributed by atoms with Crippen molar-refractivity contribution < 1.29 is 0 Å². The van der Waals surface area contributed by atoms with Gasteiger partial charge in [-0.15, -0.1) is 0 Å². The molecule has 0 amide bonds. The van der Waals surface area contributed by atoms with E-state index < -0.39 is 0 Å². The van der Waals surface area contributed by atoms with Crippen molar-refractivity contribution in [2.75, 3.05) is 20.1 Å². The molecule has 0 saturated carbocycles. The SMILES string of the molecule is CCN(C)CCC(N)=S. The van der Waals surface area contributed by atoms with Crippen LogP contribution in [0.1, 0.15) is 13.3 Å². The van der Waals surface area contributed by atoms with Gasteiger partial charge < -0.3 is 10.6 Å². The van der Waals surface area contributed by atoms with E-state index in [1.54, 1.807) is 0 Å². The van der Waals surface area contributed by atoms with E-state index in [1.165, 1.54) is 0 Å². The van der Waals surface area contributed by atoms with Crippen molar-refractivity contribution >= 4 is 17.2 Å². The minimum atomic E-state index is 0.607. The van der Waals surface area contributed by atoms with Crippen molar-refractivity contribution in [1.29, 1.82) is 0 Å². The molecule has 0 aromatic rings. The summed E-state index contributed by atoms with van der Waals surface area (Å²) in [5.74, 6) is 0. The van der Waals surface area contributed by atoms with Crippen LogP contribution >= 0.6 is 12.2 Å². The monoisotopic (exact) mass is 146 g/mol. The van der Waals surface area contributed by atoms with E-state index in [2.05, 4.69) is 18.9 Å². The molecule has 3 heteroatoms. The first-order valence-corrected chi connectivity index (χ1v) is 3.54. The molecular formula is C6H14N2S. The van der Waals surface area contributed by atoms with Gasteiger partial charge in [-0.3, -0.25) is 0 Å². The third-order valence-corrected chi connectivity index (χ3v) is 1.48. The van der Waals surface area contributed by atoms with Gasteiger partial charge in [0.05, 0.1) is 4.99 Å². The van der Waals surface area contributed by atoms with Crippen molar-refractivity contribution in [3.05, 3.63) is 0 Å². The van der Waals surface area contributed by atoms with Crippen LogP contribution in [0.5, 0.6) is 0 Å². The van der Waals surface area contributed by atoms with E-state index in [-0.39, 0.29) is 0 Å². The summed E-state index contributed by atoms with van der Waals surface area (Å²) in [6.45, 7) is 4.15. The molecule has 2 nitrogen and oxygen atoms in total.